The van der Waals surface area contributed by atoms with Crippen LogP contribution in [0.4, 0.5) is 0 Å². The smallest absolute Gasteiger partial charge is 0.243 e. The number of nitrogens with zero attached hydrogens (tertiary/aromatic N) is 1. The molecule has 1 aliphatic heterocycles. The van der Waals surface area contributed by atoms with Crippen molar-refractivity contribution < 1.29 is 8.42 Å². The number of nitrogens with one attached hydrogen (secondary N) is 1. The highest BCUT2D eigenvalue weighted by Gasteiger charge is 2.29. The van der Waals surface area contributed by atoms with Gasteiger partial charge in [-0.15, -0.1) is 12.4 Å². The van der Waals surface area contributed by atoms with Crippen LogP contribution in [-0.2, 0) is 22.9 Å². The summed E-state index contributed by atoms with van der Waals surface area (Å²) in [6.07, 6.45) is 5.03. The summed E-state index contributed by atoms with van der Waals surface area (Å²) in [7, 11) is -1.37. The summed E-state index contributed by atoms with van der Waals surface area (Å²) in [4.78, 5) is 0.473. The Balaban J connectivity index is 0.00000161. The first-order valence-electron chi connectivity index (χ1n) is 7.40. The van der Waals surface area contributed by atoms with Crippen LogP contribution < -0.4 is 5.32 Å². The molecule has 118 valence electrons. The van der Waals surface area contributed by atoms with Gasteiger partial charge in [0, 0.05) is 19.1 Å². The molecule has 6 heteroatoms. The Bertz CT molecular complexity index is 596. The van der Waals surface area contributed by atoms with Crippen LogP contribution in [0.25, 0.3) is 0 Å². The number of aryl methyl sites for hydroxylation is 2. The molecule has 0 bridgehead atoms. The van der Waals surface area contributed by atoms with Gasteiger partial charge in [-0.2, -0.15) is 4.31 Å². The van der Waals surface area contributed by atoms with Crippen LogP contribution in [0.5, 0.6) is 0 Å². The Kier molecular flexibility index (Phi) is 5.30. The Morgan fingerprint density at radius 1 is 1.14 bits per heavy atom. The lowest BCUT2D eigenvalue weighted by Crippen LogP contribution is -2.43. The molecule has 1 aromatic carbocycles. The van der Waals surface area contributed by atoms with Crippen molar-refractivity contribution in [1.29, 1.82) is 0 Å². The van der Waals surface area contributed by atoms with Crippen molar-refractivity contribution >= 4 is 22.4 Å². The highest BCUT2D eigenvalue weighted by Crippen LogP contribution is 2.27. The van der Waals surface area contributed by atoms with Crippen LogP contribution in [0, 0.1) is 0 Å². The molecular formula is C15H23ClN2O2S. The van der Waals surface area contributed by atoms with E-state index in [9.17, 15) is 8.42 Å². The van der Waals surface area contributed by atoms with Gasteiger partial charge >= 0.3 is 0 Å². The number of rotatable bonds is 3. The predicted molar refractivity (Wildman–Crippen MR) is 86.6 cm³/mol. The lowest BCUT2D eigenvalue weighted by Gasteiger charge is -2.31. The molecule has 0 saturated carbocycles. The molecule has 0 unspecified atom stereocenters. The summed E-state index contributed by atoms with van der Waals surface area (Å²) in [6, 6.07) is 6.11. The zero-order valence-electron chi connectivity index (χ0n) is 12.3. The summed E-state index contributed by atoms with van der Waals surface area (Å²) >= 11 is 0. The van der Waals surface area contributed by atoms with Gasteiger partial charge in [0.05, 0.1) is 4.90 Å². The van der Waals surface area contributed by atoms with E-state index in [1.807, 2.05) is 19.2 Å². The van der Waals surface area contributed by atoms with E-state index in [4.69, 9.17) is 0 Å². The highest BCUT2D eigenvalue weighted by molar-refractivity contribution is 7.89. The largest absolute Gasteiger partial charge is 0.317 e. The van der Waals surface area contributed by atoms with Gasteiger partial charge in [-0.3, -0.25) is 0 Å². The number of hydrogen-bond acceptors (Lipinski definition) is 3. The first kappa shape index (κ1) is 16.7. The molecule has 1 fully saturated rings. The van der Waals surface area contributed by atoms with Crippen LogP contribution in [0.2, 0.25) is 0 Å². The van der Waals surface area contributed by atoms with Gasteiger partial charge in [0.25, 0.3) is 0 Å². The number of benzene rings is 1. The fraction of sp³-hybridized carbons (Fsp3) is 0.600. The van der Waals surface area contributed by atoms with Crippen LogP contribution in [0.3, 0.4) is 0 Å². The van der Waals surface area contributed by atoms with E-state index >= 15 is 0 Å². The fourth-order valence-electron chi connectivity index (χ4n) is 3.24. The molecule has 0 amide bonds. The minimum Gasteiger partial charge on any atom is -0.317 e. The van der Waals surface area contributed by atoms with E-state index < -0.39 is 10.0 Å². The number of hydrogen-bond donors (Lipinski definition) is 1. The average Bonchev–Trinajstić information content (AvgIpc) is 2.94. The molecule has 1 saturated heterocycles. The molecular weight excluding hydrogens is 308 g/mol. The molecule has 1 aromatic rings. The first-order valence-corrected chi connectivity index (χ1v) is 8.84. The third kappa shape index (κ3) is 3.26. The van der Waals surface area contributed by atoms with Crippen molar-refractivity contribution in [3.8, 4) is 0 Å². The summed E-state index contributed by atoms with van der Waals surface area (Å²) in [5.74, 6) is 0. The molecule has 0 atom stereocenters. The van der Waals surface area contributed by atoms with Gasteiger partial charge in [-0.05, 0) is 62.4 Å². The maximum absolute atomic E-state index is 12.7. The predicted octanol–water partition coefficient (Wildman–Crippen LogP) is 1.97. The van der Waals surface area contributed by atoms with E-state index in [2.05, 4.69) is 5.32 Å². The van der Waals surface area contributed by atoms with Crippen LogP contribution >= 0.6 is 12.4 Å². The maximum Gasteiger partial charge on any atom is 0.243 e. The molecule has 1 aliphatic carbocycles. The third-order valence-corrected chi connectivity index (χ3v) is 6.46. The van der Waals surface area contributed by atoms with Crippen LogP contribution in [0.15, 0.2) is 23.1 Å². The van der Waals surface area contributed by atoms with Gasteiger partial charge in [-0.25, -0.2) is 8.42 Å². The fourth-order valence-corrected chi connectivity index (χ4v) is 4.76. The van der Waals surface area contributed by atoms with Gasteiger partial charge in [-0.1, -0.05) is 6.07 Å². The van der Waals surface area contributed by atoms with Crippen molar-refractivity contribution in [3.05, 3.63) is 29.3 Å². The Hall–Kier alpha value is -0.620. The average molecular weight is 331 g/mol. The Morgan fingerprint density at radius 3 is 2.48 bits per heavy atom. The molecule has 0 radical (unpaired) electrons. The normalized spacial score (nSPS) is 20.0. The van der Waals surface area contributed by atoms with Crippen molar-refractivity contribution in [2.24, 2.45) is 0 Å². The minimum atomic E-state index is -3.31. The third-order valence-electron chi connectivity index (χ3n) is 4.57. The summed E-state index contributed by atoms with van der Waals surface area (Å²) in [5.41, 5.74) is 2.54. The topological polar surface area (TPSA) is 49.4 Å². The molecule has 1 N–H and O–H groups in total. The quantitative estimate of drug-likeness (QED) is 0.921. The number of halogens is 1. The second-order valence-electron chi connectivity index (χ2n) is 5.75. The number of piperidine rings is 1. The molecule has 2 aliphatic rings. The summed E-state index contributed by atoms with van der Waals surface area (Å²) in [6.45, 7) is 1.23. The molecule has 0 aromatic heterocycles. The van der Waals surface area contributed by atoms with E-state index in [0.717, 1.165) is 32.1 Å². The minimum absolute atomic E-state index is 0. The molecule has 0 spiro atoms. The van der Waals surface area contributed by atoms with Crippen molar-refractivity contribution in [2.75, 3.05) is 20.1 Å². The molecule has 21 heavy (non-hydrogen) atoms. The maximum atomic E-state index is 12.7. The Morgan fingerprint density at radius 2 is 1.81 bits per heavy atom. The van der Waals surface area contributed by atoms with Gasteiger partial charge in [0.2, 0.25) is 10.0 Å². The van der Waals surface area contributed by atoms with Crippen molar-refractivity contribution in [3.63, 3.8) is 0 Å². The lowest BCUT2D eigenvalue weighted by molar-refractivity contribution is 0.298. The second kappa shape index (κ2) is 6.65. The standard InChI is InChI=1S/C15H22N2O2S.ClH/c1-16-14-7-9-17(10-8-14)20(18,19)15-6-5-12-3-2-4-13(12)11-15;/h5-6,11,14,16H,2-4,7-10H2,1H3;1H. The monoisotopic (exact) mass is 330 g/mol. The summed E-state index contributed by atoms with van der Waals surface area (Å²) in [5, 5.41) is 3.23. The van der Waals surface area contributed by atoms with Gasteiger partial charge in [0.1, 0.15) is 0 Å². The lowest BCUT2D eigenvalue weighted by atomic mass is 10.1. The highest BCUT2D eigenvalue weighted by atomic mass is 35.5. The van der Waals surface area contributed by atoms with E-state index in [-0.39, 0.29) is 12.4 Å². The molecule has 3 rings (SSSR count). The van der Waals surface area contributed by atoms with E-state index in [1.54, 1.807) is 10.4 Å². The number of sulfonamides is 1. The van der Waals surface area contributed by atoms with Crippen LogP contribution in [0.1, 0.15) is 30.4 Å². The van der Waals surface area contributed by atoms with Crippen molar-refractivity contribution in [1.82, 2.24) is 9.62 Å². The second-order valence-corrected chi connectivity index (χ2v) is 7.69. The zero-order chi connectivity index (χ0) is 14.2. The zero-order valence-corrected chi connectivity index (χ0v) is 14.0. The molecule has 1 heterocycles. The Labute approximate surface area is 133 Å². The van der Waals surface area contributed by atoms with E-state index in [0.29, 0.717) is 24.0 Å². The first-order chi connectivity index (χ1) is 9.61. The van der Waals surface area contributed by atoms with Crippen molar-refractivity contribution in [2.45, 2.75) is 43.0 Å². The summed E-state index contributed by atoms with van der Waals surface area (Å²) < 4.78 is 27.0. The SMILES string of the molecule is CNC1CCN(S(=O)(=O)c2ccc3c(c2)CCC3)CC1.Cl. The van der Waals surface area contributed by atoms with Gasteiger partial charge < -0.3 is 5.32 Å². The van der Waals surface area contributed by atoms with Crippen LogP contribution in [-0.4, -0.2) is 38.9 Å². The van der Waals surface area contributed by atoms with Gasteiger partial charge in [0.15, 0.2) is 0 Å². The molecule has 4 nitrogen and oxygen atoms in total. The van der Waals surface area contributed by atoms with E-state index in [1.165, 1.54) is 11.1 Å². The number of fused-ring (bicyclic) bond motifs is 1.